The molecular weight excluding hydrogens is 353 g/mol. The maximum absolute atomic E-state index is 3.87. The standard InChI is InChI=1S/C12H11.C6H6N.2ClH.Cr/c1-2-6-11(7-3-1)10-12-8-4-5-9-12;1-6-4-2-3-5-7-6;;;/h1-3,6-9H,4,10H2;2-5H,1H2;2*1H;/q2*-1;;;+2. The largest absolute Gasteiger partial charge is 2.00 e. The summed E-state index contributed by atoms with van der Waals surface area (Å²) < 4.78 is 0. The molecule has 0 fully saturated rings. The third-order valence-electron chi connectivity index (χ3n) is 2.75. The molecule has 3 rings (SSSR count). The van der Waals surface area contributed by atoms with Crippen molar-refractivity contribution in [3.63, 3.8) is 0 Å². The summed E-state index contributed by atoms with van der Waals surface area (Å²) in [7, 11) is 0. The van der Waals surface area contributed by atoms with Gasteiger partial charge < -0.3 is 0 Å². The van der Waals surface area contributed by atoms with E-state index in [1.54, 1.807) is 6.20 Å². The van der Waals surface area contributed by atoms with Gasteiger partial charge in [-0.05, 0) is 0 Å². The summed E-state index contributed by atoms with van der Waals surface area (Å²) in [5, 5.41) is 0. The molecule has 0 N–H and O–H groups in total. The number of hydrogen-bond donors (Lipinski definition) is 0. The van der Waals surface area contributed by atoms with Crippen LogP contribution in [-0.2, 0) is 23.8 Å². The number of benzene rings is 1. The van der Waals surface area contributed by atoms with Gasteiger partial charge in [0.25, 0.3) is 0 Å². The van der Waals surface area contributed by atoms with Gasteiger partial charge in [-0.1, -0.05) is 48.4 Å². The summed E-state index contributed by atoms with van der Waals surface area (Å²) >= 11 is 0. The Balaban J connectivity index is 0. The first-order valence-electron chi connectivity index (χ1n) is 6.37. The van der Waals surface area contributed by atoms with E-state index < -0.39 is 0 Å². The first kappa shape index (κ1) is 23.1. The van der Waals surface area contributed by atoms with Crippen LogP contribution in [0.1, 0.15) is 17.7 Å². The van der Waals surface area contributed by atoms with Crippen LogP contribution in [0.3, 0.4) is 0 Å². The molecule has 1 nitrogen and oxygen atoms in total. The van der Waals surface area contributed by atoms with Crippen LogP contribution in [0.5, 0.6) is 0 Å². The number of rotatable bonds is 2. The van der Waals surface area contributed by atoms with Crippen molar-refractivity contribution in [2.45, 2.75) is 12.8 Å². The second-order valence-electron chi connectivity index (χ2n) is 4.32. The van der Waals surface area contributed by atoms with E-state index in [0.29, 0.717) is 0 Å². The second-order valence-corrected chi connectivity index (χ2v) is 4.32. The fraction of sp³-hybridized carbons (Fsp3) is 0.111. The maximum Gasteiger partial charge on any atom is 2.00 e. The molecule has 0 amide bonds. The first-order valence-corrected chi connectivity index (χ1v) is 6.37. The fourth-order valence-corrected chi connectivity index (χ4v) is 1.79. The Kier molecular flexibility index (Phi) is 14.2. The van der Waals surface area contributed by atoms with Crippen molar-refractivity contribution >= 4 is 24.8 Å². The average molecular weight is 372 g/mol. The molecule has 0 bridgehead atoms. The summed E-state index contributed by atoms with van der Waals surface area (Å²) in [6.45, 7) is 3.61. The third kappa shape index (κ3) is 8.97. The van der Waals surface area contributed by atoms with E-state index in [4.69, 9.17) is 0 Å². The molecule has 1 aliphatic carbocycles. The molecule has 0 unspecified atom stereocenters. The Morgan fingerprint density at radius 3 is 2.14 bits per heavy atom. The Labute approximate surface area is 156 Å². The van der Waals surface area contributed by atoms with Crippen molar-refractivity contribution in [1.82, 2.24) is 4.98 Å². The molecule has 4 heteroatoms. The van der Waals surface area contributed by atoms with Crippen molar-refractivity contribution in [1.29, 1.82) is 0 Å². The zero-order chi connectivity index (χ0) is 13.3. The Hall–Kier alpha value is -1.17. The number of hydrogen-bond acceptors (Lipinski definition) is 1. The Morgan fingerprint density at radius 2 is 1.68 bits per heavy atom. The van der Waals surface area contributed by atoms with Crippen LogP contribution >= 0.6 is 24.8 Å². The minimum absolute atomic E-state index is 0. The topological polar surface area (TPSA) is 12.9 Å². The number of allylic oxidation sites excluding steroid dienone is 4. The quantitative estimate of drug-likeness (QED) is 0.675. The molecule has 1 heterocycles. The average Bonchev–Trinajstić information content (AvgIpc) is 2.94. The van der Waals surface area contributed by atoms with Crippen molar-refractivity contribution < 1.29 is 17.4 Å². The van der Waals surface area contributed by atoms with Gasteiger partial charge >= 0.3 is 17.4 Å². The summed E-state index contributed by atoms with van der Waals surface area (Å²) in [6, 6.07) is 16.2. The molecule has 2 aromatic rings. The van der Waals surface area contributed by atoms with Crippen molar-refractivity contribution in [3.05, 3.63) is 96.7 Å². The van der Waals surface area contributed by atoms with E-state index >= 15 is 0 Å². The van der Waals surface area contributed by atoms with E-state index in [-0.39, 0.29) is 42.2 Å². The molecule has 1 aromatic carbocycles. The summed E-state index contributed by atoms with van der Waals surface area (Å²) in [6.07, 6.45) is 11.3. The third-order valence-corrected chi connectivity index (χ3v) is 2.75. The minimum Gasteiger partial charge on any atom is -0.296 e. The van der Waals surface area contributed by atoms with Crippen LogP contribution in [0.15, 0.2) is 72.5 Å². The summed E-state index contributed by atoms with van der Waals surface area (Å²) in [5.74, 6) is 0. The van der Waals surface area contributed by atoms with Crippen molar-refractivity contribution in [2.75, 3.05) is 0 Å². The van der Waals surface area contributed by atoms with Gasteiger partial charge in [-0.25, -0.2) is 13.0 Å². The van der Waals surface area contributed by atoms with Crippen LogP contribution in [0.2, 0.25) is 0 Å². The molecule has 0 saturated carbocycles. The van der Waals surface area contributed by atoms with E-state index in [2.05, 4.69) is 60.5 Å². The van der Waals surface area contributed by atoms with Crippen LogP contribution in [0.25, 0.3) is 0 Å². The Morgan fingerprint density at radius 1 is 1.00 bits per heavy atom. The predicted molar refractivity (Wildman–Crippen MR) is 93.9 cm³/mol. The normalized spacial score (nSPS) is 10.8. The van der Waals surface area contributed by atoms with Crippen molar-refractivity contribution in [3.8, 4) is 0 Å². The first-order chi connectivity index (χ1) is 9.34. The van der Waals surface area contributed by atoms with E-state index in [0.717, 1.165) is 18.5 Å². The minimum atomic E-state index is 0. The van der Waals surface area contributed by atoms with Gasteiger partial charge in [-0.3, -0.25) is 11.1 Å². The number of nitrogens with zero attached hydrogens (tertiary/aromatic N) is 1. The monoisotopic (exact) mass is 371 g/mol. The number of aromatic nitrogens is 1. The van der Waals surface area contributed by atoms with Crippen LogP contribution in [-0.4, -0.2) is 4.98 Å². The smallest absolute Gasteiger partial charge is 0.296 e. The molecular formula is C18H19Cl2CrN. The predicted octanol–water partition coefficient (Wildman–Crippen LogP) is 5.02. The molecule has 22 heavy (non-hydrogen) atoms. The van der Waals surface area contributed by atoms with Gasteiger partial charge in [0.15, 0.2) is 0 Å². The van der Waals surface area contributed by atoms with Gasteiger partial charge in [0.1, 0.15) is 0 Å². The van der Waals surface area contributed by atoms with Gasteiger partial charge in [0.2, 0.25) is 0 Å². The number of pyridine rings is 1. The van der Waals surface area contributed by atoms with Crippen LogP contribution < -0.4 is 0 Å². The zero-order valence-corrected chi connectivity index (χ0v) is 15.1. The SMILES string of the molecule is Cl.Cl.[C-]1=CC(Cc2ccccc2)=CC1.[CH2-]c1ccccn1.[Cr+2]. The summed E-state index contributed by atoms with van der Waals surface area (Å²) in [5.41, 5.74) is 3.59. The fourth-order valence-electron chi connectivity index (χ4n) is 1.79. The zero-order valence-electron chi connectivity index (χ0n) is 12.1. The molecule has 0 atom stereocenters. The molecule has 0 radical (unpaired) electrons. The summed E-state index contributed by atoms with van der Waals surface area (Å²) in [4.78, 5) is 3.87. The number of halogens is 2. The van der Waals surface area contributed by atoms with Crippen LogP contribution in [0, 0.1) is 13.0 Å². The van der Waals surface area contributed by atoms with E-state index in [1.807, 2.05) is 18.2 Å². The molecule has 1 aromatic heterocycles. The van der Waals surface area contributed by atoms with Gasteiger partial charge in [-0.15, -0.1) is 43.0 Å². The van der Waals surface area contributed by atoms with Gasteiger partial charge in [0.05, 0.1) is 0 Å². The molecule has 1 aliphatic rings. The van der Waals surface area contributed by atoms with Gasteiger partial charge in [-0.2, -0.15) is 17.7 Å². The maximum atomic E-state index is 3.87. The molecule has 0 spiro atoms. The second kappa shape index (κ2) is 13.5. The van der Waals surface area contributed by atoms with Gasteiger partial charge in [0, 0.05) is 6.20 Å². The molecule has 116 valence electrons. The van der Waals surface area contributed by atoms with Crippen molar-refractivity contribution in [2.24, 2.45) is 0 Å². The molecule has 0 saturated heterocycles. The van der Waals surface area contributed by atoms with Crippen LogP contribution in [0.4, 0.5) is 0 Å². The van der Waals surface area contributed by atoms with E-state index in [1.165, 1.54) is 11.1 Å². The Bertz CT molecular complexity index is 554. The van der Waals surface area contributed by atoms with E-state index in [9.17, 15) is 0 Å². The molecule has 0 aliphatic heterocycles.